The number of ketones is 1. The summed E-state index contributed by atoms with van der Waals surface area (Å²) < 4.78 is 5.32. The summed E-state index contributed by atoms with van der Waals surface area (Å²) in [6, 6.07) is 7.74. The number of nitrogens with one attached hydrogen (secondary N) is 2. The van der Waals surface area contributed by atoms with E-state index < -0.39 is 12.1 Å². The zero-order valence-corrected chi connectivity index (χ0v) is 16.5. The minimum atomic E-state index is -0.635. The number of rotatable bonds is 7. The van der Waals surface area contributed by atoms with Gasteiger partial charge in [-0.05, 0) is 30.9 Å². The molecule has 2 aliphatic rings. The molecular weight excluding hydrogens is 356 g/mol. The number of amides is 2. The molecule has 3 rings (SSSR count). The first kappa shape index (κ1) is 20.5. The van der Waals surface area contributed by atoms with Crippen molar-refractivity contribution < 1.29 is 19.1 Å². The second-order valence-electron chi connectivity index (χ2n) is 7.91. The third-order valence-electron chi connectivity index (χ3n) is 5.92. The molecule has 6 nitrogen and oxygen atoms in total. The first-order valence-electron chi connectivity index (χ1n) is 10.3. The molecule has 1 saturated heterocycles. The van der Waals surface area contributed by atoms with Gasteiger partial charge in [0.2, 0.25) is 5.91 Å². The van der Waals surface area contributed by atoms with Gasteiger partial charge in [0, 0.05) is 11.5 Å². The van der Waals surface area contributed by atoms with Gasteiger partial charge in [0.15, 0.2) is 5.78 Å². The van der Waals surface area contributed by atoms with Crippen molar-refractivity contribution in [2.45, 2.75) is 57.5 Å². The van der Waals surface area contributed by atoms with Crippen LogP contribution >= 0.6 is 0 Å². The van der Waals surface area contributed by atoms with Gasteiger partial charge in [-0.1, -0.05) is 50.8 Å². The molecule has 0 aromatic heterocycles. The van der Waals surface area contributed by atoms with Crippen LogP contribution in [-0.4, -0.2) is 42.9 Å². The third-order valence-corrected chi connectivity index (χ3v) is 5.92. The summed E-state index contributed by atoms with van der Waals surface area (Å²) in [5.41, 5.74) is 0.528. The van der Waals surface area contributed by atoms with Crippen molar-refractivity contribution in [2.75, 3.05) is 13.2 Å². The van der Waals surface area contributed by atoms with E-state index in [9.17, 15) is 14.4 Å². The first-order valence-corrected chi connectivity index (χ1v) is 10.3. The van der Waals surface area contributed by atoms with E-state index in [1.165, 1.54) is 12.8 Å². The van der Waals surface area contributed by atoms with Crippen LogP contribution in [-0.2, 0) is 14.3 Å². The van der Waals surface area contributed by atoms with E-state index in [2.05, 4.69) is 10.6 Å². The van der Waals surface area contributed by atoms with E-state index in [0.717, 1.165) is 19.3 Å². The van der Waals surface area contributed by atoms with Crippen LogP contribution in [0, 0.1) is 11.8 Å². The monoisotopic (exact) mass is 386 g/mol. The number of carbonyl (C=O) groups excluding carboxylic acids is 3. The highest BCUT2D eigenvalue weighted by molar-refractivity contribution is 5.98. The Morgan fingerprint density at radius 1 is 1.18 bits per heavy atom. The van der Waals surface area contributed by atoms with E-state index in [4.69, 9.17) is 4.74 Å². The maximum Gasteiger partial charge on any atom is 0.251 e. The van der Waals surface area contributed by atoms with Crippen LogP contribution in [0.15, 0.2) is 30.3 Å². The van der Waals surface area contributed by atoms with E-state index in [1.54, 1.807) is 24.3 Å². The lowest BCUT2D eigenvalue weighted by Crippen LogP contribution is -2.57. The summed E-state index contributed by atoms with van der Waals surface area (Å²) in [5.74, 6) is -0.222. The molecule has 28 heavy (non-hydrogen) atoms. The molecule has 1 aliphatic carbocycles. The van der Waals surface area contributed by atoms with Crippen molar-refractivity contribution in [3.8, 4) is 0 Å². The molecule has 2 fully saturated rings. The van der Waals surface area contributed by atoms with Gasteiger partial charge in [0.05, 0.1) is 12.6 Å². The fourth-order valence-electron chi connectivity index (χ4n) is 4.21. The Balaban J connectivity index is 1.70. The molecule has 0 radical (unpaired) electrons. The number of Topliss-reactive ketones (excluding diaryl/α,β-unsaturated/α-hetero) is 1. The van der Waals surface area contributed by atoms with E-state index in [0.29, 0.717) is 24.5 Å². The Hall–Kier alpha value is -2.21. The zero-order chi connectivity index (χ0) is 19.9. The van der Waals surface area contributed by atoms with Crippen molar-refractivity contribution in [1.82, 2.24) is 10.6 Å². The summed E-state index contributed by atoms with van der Waals surface area (Å²) in [6.07, 6.45) is 5.86. The molecular formula is C22H30N2O4. The second kappa shape index (κ2) is 9.82. The van der Waals surface area contributed by atoms with Crippen LogP contribution in [0.25, 0.3) is 0 Å². The Morgan fingerprint density at radius 2 is 1.89 bits per heavy atom. The van der Waals surface area contributed by atoms with Crippen molar-refractivity contribution >= 4 is 17.6 Å². The minimum absolute atomic E-state index is 0.0258. The first-order chi connectivity index (χ1) is 13.6. The topological polar surface area (TPSA) is 84.5 Å². The molecule has 152 valence electrons. The van der Waals surface area contributed by atoms with Crippen LogP contribution in [0.2, 0.25) is 0 Å². The molecule has 1 saturated carbocycles. The minimum Gasteiger partial charge on any atom is -0.373 e. The molecule has 1 heterocycles. The van der Waals surface area contributed by atoms with Gasteiger partial charge in [0.1, 0.15) is 12.6 Å². The highest BCUT2D eigenvalue weighted by Gasteiger charge is 2.35. The third kappa shape index (κ3) is 5.19. The average molecular weight is 386 g/mol. The Kier molecular flexibility index (Phi) is 7.20. The number of ether oxygens (including phenoxy) is 1. The largest absolute Gasteiger partial charge is 0.373 e. The molecule has 2 amide bonds. The molecule has 2 N–H and O–H groups in total. The van der Waals surface area contributed by atoms with E-state index in [1.807, 2.05) is 13.0 Å². The molecule has 1 aliphatic heterocycles. The average Bonchev–Trinajstić information content (AvgIpc) is 3.22. The predicted molar refractivity (Wildman–Crippen MR) is 106 cm³/mol. The molecule has 3 unspecified atom stereocenters. The molecule has 1 aromatic carbocycles. The standard InChI is InChI=1S/C22H30N2O4/c1-2-16-13-28-14-19(25)20(16)24-22(27)18(12-15-8-6-7-9-15)23-21(26)17-10-4-3-5-11-17/h3-5,10-11,15-16,18,20H,2,6-9,12-14H2,1H3,(H,23,26)(H,24,27). The summed E-state index contributed by atoms with van der Waals surface area (Å²) >= 11 is 0. The van der Waals surface area contributed by atoms with Gasteiger partial charge in [-0.25, -0.2) is 0 Å². The summed E-state index contributed by atoms with van der Waals surface area (Å²) in [4.78, 5) is 38.0. The van der Waals surface area contributed by atoms with Crippen molar-refractivity contribution in [1.29, 1.82) is 0 Å². The van der Waals surface area contributed by atoms with Crippen molar-refractivity contribution in [3.63, 3.8) is 0 Å². The van der Waals surface area contributed by atoms with E-state index >= 15 is 0 Å². The molecule has 3 atom stereocenters. The quantitative estimate of drug-likeness (QED) is 0.754. The van der Waals surface area contributed by atoms with Gasteiger partial charge in [-0.3, -0.25) is 14.4 Å². The van der Waals surface area contributed by atoms with Gasteiger partial charge >= 0.3 is 0 Å². The van der Waals surface area contributed by atoms with Gasteiger partial charge in [-0.15, -0.1) is 0 Å². The van der Waals surface area contributed by atoms with Gasteiger partial charge < -0.3 is 15.4 Å². The lowest BCUT2D eigenvalue weighted by molar-refractivity contribution is -0.138. The SMILES string of the molecule is CCC1COCC(=O)C1NC(=O)C(CC1CCCC1)NC(=O)c1ccccc1. The normalized spacial score (nSPS) is 24.0. The molecule has 1 aromatic rings. The Bertz CT molecular complexity index is 685. The van der Waals surface area contributed by atoms with Crippen LogP contribution in [0.5, 0.6) is 0 Å². The lowest BCUT2D eigenvalue weighted by atomic mass is 9.91. The fourth-order valence-corrected chi connectivity index (χ4v) is 4.21. The molecule has 0 bridgehead atoms. The molecule has 6 heteroatoms. The number of hydrogen-bond donors (Lipinski definition) is 2. The number of benzene rings is 1. The summed E-state index contributed by atoms with van der Waals surface area (Å²) in [6.45, 7) is 2.49. The lowest BCUT2D eigenvalue weighted by Gasteiger charge is -2.32. The number of carbonyl (C=O) groups is 3. The Labute approximate surface area is 166 Å². The second-order valence-corrected chi connectivity index (χ2v) is 7.91. The highest BCUT2D eigenvalue weighted by atomic mass is 16.5. The van der Waals surface area contributed by atoms with Crippen molar-refractivity contribution in [3.05, 3.63) is 35.9 Å². The molecule has 0 spiro atoms. The Morgan fingerprint density at radius 3 is 2.57 bits per heavy atom. The van der Waals surface area contributed by atoms with Gasteiger partial charge in [0.25, 0.3) is 5.91 Å². The smallest absolute Gasteiger partial charge is 0.251 e. The summed E-state index contributed by atoms with van der Waals surface area (Å²) in [5, 5.41) is 5.82. The fraction of sp³-hybridized carbons (Fsp3) is 0.591. The van der Waals surface area contributed by atoms with Crippen LogP contribution < -0.4 is 10.6 Å². The number of hydrogen-bond acceptors (Lipinski definition) is 4. The summed E-state index contributed by atoms with van der Waals surface area (Å²) in [7, 11) is 0. The van der Waals surface area contributed by atoms with Crippen molar-refractivity contribution in [2.24, 2.45) is 11.8 Å². The van der Waals surface area contributed by atoms with Crippen LogP contribution in [0.3, 0.4) is 0 Å². The van der Waals surface area contributed by atoms with Gasteiger partial charge in [-0.2, -0.15) is 0 Å². The van der Waals surface area contributed by atoms with Crippen LogP contribution in [0.4, 0.5) is 0 Å². The predicted octanol–water partition coefficient (Wildman–Crippen LogP) is 2.48. The maximum atomic E-state index is 13.1. The van der Waals surface area contributed by atoms with E-state index in [-0.39, 0.29) is 30.1 Å². The zero-order valence-electron chi connectivity index (χ0n) is 16.5. The van der Waals surface area contributed by atoms with Crippen LogP contribution in [0.1, 0.15) is 55.8 Å². The highest BCUT2D eigenvalue weighted by Crippen LogP contribution is 2.29. The maximum absolute atomic E-state index is 13.1.